The van der Waals surface area contributed by atoms with Crippen molar-refractivity contribution in [1.29, 1.82) is 0 Å². The summed E-state index contributed by atoms with van der Waals surface area (Å²) in [5, 5.41) is 8.93. The van der Waals surface area contributed by atoms with Crippen LogP contribution < -0.4 is 14.8 Å². The molecule has 0 saturated carbocycles. The van der Waals surface area contributed by atoms with E-state index in [4.69, 9.17) is 21.4 Å². The number of aliphatic carboxylic acids is 1. The molecule has 2 aromatic heterocycles. The van der Waals surface area contributed by atoms with E-state index in [0.717, 1.165) is 11.0 Å². The summed E-state index contributed by atoms with van der Waals surface area (Å²) >= 11 is 7.42. The van der Waals surface area contributed by atoms with E-state index in [0.29, 0.717) is 15.1 Å². The minimum absolute atomic E-state index is 0.138. The van der Waals surface area contributed by atoms with Crippen molar-refractivity contribution in [3.8, 4) is 5.75 Å². The minimum Gasteiger partial charge on any atom is -0.480 e. The maximum absolute atomic E-state index is 12.7. The van der Waals surface area contributed by atoms with Gasteiger partial charge in [-0.05, 0) is 35.9 Å². The summed E-state index contributed by atoms with van der Waals surface area (Å²) in [6, 6.07) is 12.4. The number of carboxylic acid groups (broad SMARTS) is 1. The zero-order chi connectivity index (χ0) is 18.3. The van der Waals surface area contributed by atoms with Gasteiger partial charge >= 0.3 is 5.97 Å². The van der Waals surface area contributed by atoms with Crippen LogP contribution in [0.3, 0.4) is 0 Å². The molecule has 4 aromatic rings. The number of benzene rings is 2. The molecule has 8 heteroatoms. The highest BCUT2D eigenvalue weighted by Gasteiger charge is 2.11. The van der Waals surface area contributed by atoms with Gasteiger partial charge in [0, 0.05) is 0 Å². The zero-order valence-corrected chi connectivity index (χ0v) is 14.8. The molecule has 130 valence electrons. The van der Waals surface area contributed by atoms with Crippen LogP contribution in [0.2, 0.25) is 5.02 Å². The van der Waals surface area contributed by atoms with Crippen LogP contribution in [-0.4, -0.2) is 27.1 Å². The van der Waals surface area contributed by atoms with Crippen LogP contribution in [0.5, 0.6) is 5.75 Å². The average Bonchev–Trinajstić information content (AvgIpc) is 3.11. The molecule has 0 aliphatic heterocycles. The van der Waals surface area contributed by atoms with Crippen LogP contribution in [-0.2, 0) is 4.79 Å². The quantitative estimate of drug-likeness (QED) is 0.583. The third-order valence-electron chi connectivity index (χ3n) is 3.75. The Kier molecular flexibility index (Phi) is 4.10. The van der Waals surface area contributed by atoms with Crippen molar-refractivity contribution >= 4 is 51.0 Å². The number of imidazole rings is 1. The lowest BCUT2D eigenvalue weighted by Crippen LogP contribution is -2.22. The Morgan fingerprint density at radius 3 is 2.88 bits per heavy atom. The molecule has 0 saturated heterocycles. The summed E-state index contributed by atoms with van der Waals surface area (Å²) in [4.78, 5) is 28.4. The van der Waals surface area contributed by atoms with E-state index < -0.39 is 12.6 Å². The van der Waals surface area contributed by atoms with Gasteiger partial charge in [0.15, 0.2) is 11.6 Å². The fraction of sp³-hybridized carbons (Fsp3) is 0.0556. The van der Waals surface area contributed by atoms with Crippen molar-refractivity contribution in [3.05, 3.63) is 67.9 Å². The van der Waals surface area contributed by atoms with Gasteiger partial charge in [-0.1, -0.05) is 41.1 Å². The lowest BCUT2D eigenvalue weighted by Gasteiger charge is -2.05. The second-order valence-corrected chi connectivity index (χ2v) is 6.92. The number of aromatic nitrogens is 2. The predicted molar refractivity (Wildman–Crippen MR) is 100 cm³/mol. The van der Waals surface area contributed by atoms with Crippen molar-refractivity contribution in [2.24, 2.45) is 0 Å². The maximum Gasteiger partial charge on any atom is 0.341 e. The molecule has 4 rings (SSSR count). The van der Waals surface area contributed by atoms with Crippen molar-refractivity contribution in [1.82, 2.24) is 9.38 Å². The third-order valence-corrected chi connectivity index (χ3v) is 5.01. The molecule has 6 nitrogen and oxygen atoms in total. The van der Waals surface area contributed by atoms with Crippen LogP contribution in [0.15, 0.2) is 47.3 Å². The van der Waals surface area contributed by atoms with Gasteiger partial charge in [-0.2, -0.15) is 0 Å². The van der Waals surface area contributed by atoms with Crippen LogP contribution in [0.4, 0.5) is 0 Å². The average molecular weight is 387 g/mol. The Bertz CT molecular complexity index is 1260. The largest absolute Gasteiger partial charge is 0.480 e. The van der Waals surface area contributed by atoms with Crippen molar-refractivity contribution in [2.45, 2.75) is 0 Å². The number of hydrogen-bond donors (Lipinski definition) is 1. The van der Waals surface area contributed by atoms with Crippen LogP contribution in [0, 0.1) is 0 Å². The number of carbonyl (C=O) groups is 1. The van der Waals surface area contributed by atoms with E-state index in [1.807, 2.05) is 24.3 Å². The predicted octanol–water partition coefficient (Wildman–Crippen LogP) is 2.57. The molecule has 0 fully saturated rings. The van der Waals surface area contributed by atoms with E-state index in [9.17, 15) is 9.59 Å². The van der Waals surface area contributed by atoms with E-state index >= 15 is 0 Å². The van der Waals surface area contributed by atoms with Crippen molar-refractivity contribution in [2.75, 3.05) is 6.61 Å². The second kappa shape index (κ2) is 6.44. The number of rotatable bonds is 4. The molecule has 0 spiro atoms. The Hall–Kier alpha value is -2.90. The van der Waals surface area contributed by atoms with Crippen LogP contribution in [0.25, 0.3) is 22.1 Å². The highest BCUT2D eigenvalue weighted by atomic mass is 35.5. The van der Waals surface area contributed by atoms with E-state index in [-0.39, 0.29) is 16.3 Å². The summed E-state index contributed by atoms with van der Waals surface area (Å²) in [7, 11) is 0. The number of nitrogens with zero attached hydrogens (tertiary/aromatic N) is 2. The fourth-order valence-corrected chi connectivity index (χ4v) is 3.86. The number of halogens is 1. The minimum atomic E-state index is -1.08. The smallest absolute Gasteiger partial charge is 0.341 e. The van der Waals surface area contributed by atoms with Gasteiger partial charge in [0.2, 0.25) is 0 Å². The monoisotopic (exact) mass is 386 g/mol. The number of ether oxygens (including phenoxy) is 1. The Labute approximate surface area is 155 Å². The molecule has 0 amide bonds. The Morgan fingerprint density at radius 1 is 1.31 bits per heavy atom. The first-order valence-electron chi connectivity index (χ1n) is 7.59. The lowest BCUT2D eigenvalue weighted by atomic mass is 10.2. The standard InChI is InChI=1S/C18H11ClN2O4S/c19-11-7-10(5-6-14(11)25-9-16(22)23)8-15-17(24)21-13-4-2-1-3-12(13)20-18(21)26-15/h1-8H,9H2,(H,22,23)/b15-8+. The molecule has 26 heavy (non-hydrogen) atoms. The summed E-state index contributed by atoms with van der Waals surface area (Å²) in [6.07, 6.45) is 1.73. The zero-order valence-electron chi connectivity index (χ0n) is 13.2. The number of carboxylic acids is 1. The summed E-state index contributed by atoms with van der Waals surface area (Å²) in [6.45, 7) is -0.470. The maximum atomic E-state index is 12.7. The van der Waals surface area contributed by atoms with Crippen LogP contribution >= 0.6 is 22.9 Å². The molecule has 0 bridgehead atoms. The van der Waals surface area contributed by atoms with Gasteiger partial charge < -0.3 is 9.84 Å². The molecular weight excluding hydrogens is 376 g/mol. The first kappa shape index (κ1) is 16.6. The SMILES string of the molecule is O=C(O)COc1ccc(/C=c2/sc3nc4ccccc4n3c2=O)cc1Cl. The Morgan fingerprint density at radius 2 is 2.12 bits per heavy atom. The molecule has 0 atom stereocenters. The van der Waals surface area contributed by atoms with E-state index in [1.165, 1.54) is 11.3 Å². The molecule has 1 N–H and O–H groups in total. The van der Waals surface area contributed by atoms with E-state index in [1.54, 1.807) is 28.7 Å². The van der Waals surface area contributed by atoms with Gasteiger partial charge in [-0.3, -0.25) is 4.79 Å². The summed E-state index contributed by atoms with van der Waals surface area (Å²) < 4.78 is 7.22. The number of hydrogen-bond acceptors (Lipinski definition) is 5. The molecule has 2 heterocycles. The fourth-order valence-electron chi connectivity index (χ4n) is 2.63. The van der Waals surface area contributed by atoms with Crippen molar-refractivity contribution < 1.29 is 14.6 Å². The second-order valence-electron chi connectivity index (χ2n) is 5.51. The summed E-state index contributed by atoms with van der Waals surface area (Å²) in [5.41, 5.74) is 2.13. The molecule has 0 aliphatic carbocycles. The first-order chi connectivity index (χ1) is 12.5. The molecule has 0 aliphatic rings. The Balaban J connectivity index is 1.76. The lowest BCUT2D eigenvalue weighted by molar-refractivity contribution is -0.139. The van der Waals surface area contributed by atoms with Crippen molar-refractivity contribution in [3.63, 3.8) is 0 Å². The number of fused-ring (bicyclic) bond motifs is 3. The van der Waals surface area contributed by atoms with Gasteiger partial charge in [0.25, 0.3) is 5.56 Å². The highest BCUT2D eigenvalue weighted by Crippen LogP contribution is 2.25. The third kappa shape index (κ3) is 2.91. The molecule has 0 radical (unpaired) electrons. The van der Waals surface area contributed by atoms with Crippen LogP contribution in [0.1, 0.15) is 5.56 Å². The number of para-hydroxylation sites is 2. The molecule has 2 aromatic carbocycles. The topological polar surface area (TPSA) is 80.9 Å². The van der Waals surface area contributed by atoms with Gasteiger partial charge in [-0.25, -0.2) is 14.2 Å². The first-order valence-corrected chi connectivity index (χ1v) is 8.78. The molecular formula is C18H11ClN2O4S. The van der Waals surface area contributed by atoms with Gasteiger partial charge in [-0.15, -0.1) is 0 Å². The summed E-state index contributed by atoms with van der Waals surface area (Å²) in [5.74, 6) is -0.803. The van der Waals surface area contributed by atoms with Gasteiger partial charge in [0.05, 0.1) is 20.6 Å². The normalized spacial score (nSPS) is 12.1. The number of thiazole rings is 1. The molecule has 0 unspecified atom stereocenters. The van der Waals surface area contributed by atoms with Gasteiger partial charge in [0.1, 0.15) is 5.75 Å². The highest BCUT2D eigenvalue weighted by molar-refractivity contribution is 7.15. The van der Waals surface area contributed by atoms with E-state index in [2.05, 4.69) is 4.98 Å².